The molecule has 1 rings (SSSR count). The van der Waals surface area contributed by atoms with Crippen molar-refractivity contribution in [1.29, 1.82) is 0 Å². The molecule has 0 aliphatic carbocycles. The van der Waals surface area contributed by atoms with Gasteiger partial charge in [-0.3, -0.25) is 0 Å². The third-order valence-corrected chi connectivity index (χ3v) is 1.92. The van der Waals surface area contributed by atoms with Crippen LogP contribution in [0.4, 0.5) is 4.39 Å². The van der Waals surface area contributed by atoms with Crippen LogP contribution in [-0.4, -0.2) is 17.8 Å². The zero-order valence-electron chi connectivity index (χ0n) is 9.79. The molecular formula is C12H17FO3. The Morgan fingerprint density at radius 1 is 1.38 bits per heavy atom. The first-order valence-electron chi connectivity index (χ1n) is 5.31. The monoisotopic (exact) mass is 228 g/mol. The summed E-state index contributed by atoms with van der Waals surface area (Å²) in [7, 11) is 0. The Bertz CT molecular complexity index is 350. The molecule has 0 aliphatic rings. The van der Waals surface area contributed by atoms with E-state index >= 15 is 0 Å². The molecule has 1 aromatic carbocycles. The predicted octanol–water partition coefficient (Wildman–Crippen LogP) is 2.50. The number of hydrogen-bond acceptors (Lipinski definition) is 3. The minimum absolute atomic E-state index is 0.0602. The highest BCUT2D eigenvalue weighted by atomic mass is 19.1. The van der Waals surface area contributed by atoms with Gasteiger partial charge in [0.15, 0.2) is 11.5 Å². The molecule has 0 fully saturated rings. The molecule has 1 N–H and O–H groups in total. The van der Waals surface area contributed by atoms with Gasteiger partial charge in [0.2, 0.25) is 0 Å². The summed E-state index contributed by atoms with van der Waals surface area (Å²) in [5, 5.41) is 9.15. The highest BCUT2D eigenvalue weighted by Gasteiger charge is 2.14. The Morgan fingerprint density at radius 3 is 2.56 bits per heavy atom. The lowest BCUT2D eigenvalue weighted by molar-refractivity contribution is 0.209. The first kappa shape index (κ1) is 12.8. The maximum absolute atomic E-state index is 13.2. The lowest BCUT2D eigenvalue weighted by Gasteiger charge is -2.17. The molecule has 90 valence electrons. The second kappa shape index (κ2) is 5.70. The van der Waals surface area contributed by atoms with Crippen molar-refractivity contribution < 1.29 is 19.0 Å². The zero-order chi connectivity index (χ0) is 12.1. The number of halogens is 1. The fraction of sp³-hybridized carbons (Fsp3) is 0.500. The van der Waals surface area contributed by atoms with Crippen LogP contribution < -0.4 is 9.47 Å². The molecule has 0 saturated heterocycles. The van der Waals surface area contributed by atoms with E-state index in [-0.39, 0.29) is 12.7 Å². The van der Waals surface area contributed by atoms with E-state index in [1.807, 2.05) is 20.8 Å². The van der Waals surface area contributed by atoms with E-state index in [4.69, 9.17) is 14.6 Å². The smallest absolute Gasteiger partial charge is 0.167 e. The van der Waals surface area contributed by atoms with Crippen molar-refractivity contribution in [3.05, 3.63) is 23.5 Å². The summed E-state index contributed by atoms with van der Waals surface area (Å²) < 4.78 is 24.0. The number of benzene rings is 1. The van der Waals surface area contributed by atoms with E-state index in [9.17, 15) is 4.39 Å². The molecule has 0 atom stereocenters. The first-order valence-corrected chi connectivity index (χ1v) is 5.31. The molecule has 0 aromatic heterocycles. The summed E-state index contributed by atoms with van der Waals surface area (Å²) in [5.41, 5.74) is 0.400. The maximum atomic E-state index is 13.2. The minimum atomic E-state index is -0.441. The van der Waals surface area contributed by atoms with E-state index < -0.39 is 5.82 Å². The van der Waals surface area contributed by atoms with Crippen molar-refractivity contribution in [3.63, 3.8) is 0 Å². The van der Waals surface area contributed by atoms with Crippen LogP contribution in [0.15, 0.2) is 12.1 Å². The molecule has 4 heteroatoms. The van der Waals surface area contributed by atoms with E-state index in [2.05, 4.69) is 0 Å². The number of aliphatic hydroxyl groups is 1. The van der Waals surface area contributed by atoms with E-state index in [1.54, 1.807) is 0 Å². The largest absolute Gasteiger partial charge is 0.490 e. The van der Waals surface area contributed by atoms with Gasteiger partial charge in [0.25, 0.3) is 0 Å². The van der Waals surface area contributed by atoms with Gasteiger partial charge >= 0.3 is 0 Å². The Balaban J connectivity index is 3.15. The van der Waals surface area contributed by atoms with E-state index in [0.29, 0.717) is 23.7 Å². The fourth-order valence-corrected chi connectivity index (χ4v) is 1.37. The van der Waals surface area contributed by atoms with Crippen LogP contribution in [0.1, 0.15) is 26.3 Å². The lowest BCUT2D eigenvalue weighted by atomic mass is 10.2. The van der Waals surface area contributed by atoms with Gasteiger partial charge in [-0.05, 0) is 26.8 Å². The summed E-state index contributed by atoms with van der Waals surface area (Å²) in [6, 6.07) is 2.51. The van der Waals surface area contributed by atoms with Gasteiger partial charge in [-0.15, -0.1) is 0 Å². The molecule has 0 amide bonds. The maximum Gasteiger partial charge on any atom is 0.167 e. The number of aliphatic hydroxyl groups excluding tert-OH is 1. The number of hydrogen-bond donors (Lipinski definition) is 1. The highest BCUT2D eigenvalue weighted by Crippen LogP contribution is 2.33. The van der Waals surface area contributed by atoms with Crippen LogP contribution in [0.3, 0.4) is 0 Å². The summed E-state index contributed by atoms with van der Waals surface area (Å²) in [6.07, 6.45) is -0.0602. The molecular weight excluding hydrogens is 211 g/mol. The normalized spacial score (nSPS) is 10.6. The van der Waals surface area contributed by atoms with Crippen molar-refractivity contribution in [2.24, 2.45) is 0 Å². The van der Waals surface area contributed by atoms with E-state index in [1.165, 1.54) is 12.1 Å². The summed E-state index contributed by atoms with van der Waals surface area (Å²) >= 11 is 0. The SMILES string of the molecule is CCOc1cc(F)cc(CO)c1OC(C)C. The topological polar surface area (TPSA) is 38.7 Å². The standard InChI is InChI=1S/C12H17FO3/c1-4-15-11-6-10(13)5-9(7-14)12(11)16-8(2)3/h5-6,8,14H,4,7H2,1-3H3. The first-order chi connectivity index (χ1) is 7.58. The molecule has 0 radical (unpaired) electrons. The van der Waals surface area contributed by atoms with Gasteiger partial charge in [-0.2, -0.15) is 0 Å². The Morgan fingerprint density at radius 2 is 2.06 bits per heavy atom. The molecule has 0 aliphatic heterocycles. The van der Waals surface area contributed by atoms with Crippen molar-refractivity contribution in [3.8, 4) is 11.5 Å². The summed E-state index contributed by atoms with van der Waals surface area (Å²) in [4.78, 5) is 0. The number of rotatable bonds is 5. The van der Waals surface area contributed by atoms with Crippen LogP contribution in [0.5, 0.6) is 11.5 Å². The lowest BCUT2D eigenvalue weighted by Crippen LogP contribution is -2.10. The second-order valence-corrected chi connectivity index (χ2v) is 3.65. The highest BCUT2D eigenvalue weighted by molar-refractivity contribution is 5.47. The quantitative estimate of drug-likeness (QED) is 0.841. The average Bonchev–Trinajstić information content (AvgIpc) is 2.21. The van der Waals surface area contributed by atoms with Gasteiger partial charge in [0.1, 0.15) is 5.82 Å². The van der Waals surface area contributed by atoms with E-state index in [0.717, 1.165) is 0 Å². The predicted molar refractivity (Wildman–Crippen MR) is 59.3 cm³/mol. The van der Waals surface area contributed by atoms with Crippen molar-refractivity contribution in [1.82, 2.24) is 0 Å². The molecule has 1 aromatic rings. The third-order valence-electron chi connectivity index (χ3n) is 1.92. The Hall–Kier alpha value is -1.29. The number of ether oxygens (including phenoxy) is 2. The van der Waals surface area contributed by atoms with Crippen LogP contribution in [-0.2, 0) is 6.61 Å². The van der Waals surface area contributed by atoms with Crippen LogP contribution in [0.25, 0.3) is 0 Å². The Kier molecular flexibility index (Phi) is 4.55. The third kappa shape index (κ3) is 3.10. The van der Waals surface area contributed by atoms with Crippen LogP contribution in [0, 0.1) is 5.82 Å². The van der Waals surface area contributed by atoms with Gasteiger partial charge in [0.05, 0.1) is 19.3 Å². The van der Waals surface area contributed by atoms with Gasteiger partial charge in [-0.25, -0.2) is 4.39 Å². The van der Waals surface area contributed by atoms with Crippen molar-refractivity contribution in [2.75, 3.05) is 6.61 Å². The van der Waals surface area contributed by atoms with Gasteiger partial charge in [0, 0.05) is 11.6 Å². The summed E-state index contributed by atoms with van der Waals surface area (Å²) in [5.74, 6) is 0.310. The second-order valence-electron chi connectivity index (χ2n) is 3.65. The molecule has 0 bridgehead atoms. The van der Waals surface area contributed by atoms with Crippen molar-refractivity contribution in [2.45, 2.75) is 33.5 Å². The molecule has 0 saturated carbocycles. The molecule has 16 heavy (non-hydrogen) atoms. The van der Waals surface area contributed by atoms with Crippen LogP contribution >= 0.6 is 0 Å². The molecule has 3 nitrogen and oxygen atoms in total. The fourth-order valence-electron chi connectivity index (χ4n) is 1.37. The zero-order valence-corrected chi connectivity index (χ0v) is 9.79. The molecule has 0 unspecified atom stereocenters. The average molecular weight is 228 g/mol. The molecule has 0 spiro atoms. The van der Waals surface area contributed by atoms with Crippen molar-refractivity contribution >= 4 is 0 Å². The van der Waals surface area contributed by atoms with Crippen LogP contribution in [0.2, 0.25) is 0 Å². The minimum Gasteiger partial charge on any atom is -0.490 e. The summed E-state index contributed by atoms with van der Waals surface area (Å²) in [6.45, 7) is 5.67. The van der Waals surface area contributed by atoms with Gasteiger partial charge < -0.3 is 14.6 Å². The van der Waals surface area contributed by atoms with Gasteiger partial charge in [-0.1, -0.05) is 0 Å². The Labute approximate surface area is 94.8 Å². The molecule has 0 heterocycles.